The van der Waals surface area contributed by atoms with Crippen LogP contribution < -0.4 is 11.2 Å². The van der Waals surface area contributed by atoms with E-state index in [1.54, 1.807) is 18.3 Å². The van der Waals surface area contributed by atoms with E-state index < -0.39 is 5.69 Å². The number of aryl methyl sites for hydroxylation is 2. The summed E-state index contributed by atoms with van der Waals surface area (Å²) < 4.78 is 3.27. The molecule has 3 aromatic heterocycles. The molecule has 0 bridgehead atoms. The number of para-hydroxylation sites is 1. The van der Waals surface area contributed by atoms with Crippen LogP contribution in [0.15, 0.2) is 58.4 Å². The number of nitrogens with one attached hydrogen (secondary N) is 1. The highest BCUT2D eigenvalue weighted by Crippen LogP contribution is 2.20. The van der Waals surface area contributed by atoms with Crippen molar-refractivity contribution in [3.05, 3.63) is 75.2 Å². The summed E-state index contributed by atoms with van der Waals surface area (Å²) in [6.45, 7) is 0.314. The smallest absolute Gasteiger partial charge is 0.328 e. The molecule has 120 valence electrons. The number of rotatable bonds is 3. The molecular weight excluding hydrogens is 304 g/mol. The van der Waals surface area contributed by atoms with E-state index in [9.17, 15) is 9.59 Å². The number of nitrogens with zero attached hydrogens (tertiary/aromatic N) is 3. The van der Waals surface area contributed by atoms with Gasteiger partial charge in [-0.3, -0.25) is 9.36 Å². The first-order valence-electron chi connectivity index (χ1n) is 7.76. The third-order valence-corrected chi connectivity index (χ3v) is 4.33. The molecule has 0 saturated heterocycles. The van der Waals surface area contributed by atoms with E-state index >= 15 is 0 Å². The van der Waals surface area contributed by atoms with Crippen LogP contribution in [0.2, 0.25) is 0 Å². The Morgan fingerprint density at radius 1 is 1.12 bits per heavy atom. The molecular formula is C18H16N4O2. The highest BCUT2D eigenvalue weighted by atomic mass is 16.2. The second kappa shape index (κ2) is 5.49. The van der Waals surface area contributed by atoms with Gasteiger partial charge < -0.3 is 9.55 Å². The highest BCUT2D eigenvalue weighted by molar-refractivity contribution is 5.83. The third-order valence-electron chi connectivity index (χ3n) is 4.33. The first kappa shape index (κ1) is 14.4. The summed E-state index contributed by atoms with van der Waals surface area (Å²) in [5.41, 5.74) is 2.24. The van der Waals surface area contributed by atoms with Crippen LogP contribution in [-0.2, 0) is 20.0 Å². The lowest BCUT2D eigenvalue weighted by Gasteiger charge is -2.05. The second-order valence-corrected chi connectivity index (χ2v) is 5.82. The summed E-state index contributed by atoms with van der Waals surface area (Å²) in [6, 6.07) is 11.5. The molecule has 4 aromatic rings. The Bertz CT molecular complexity index is 1170. The van der Waals surface area contributed by atoms with Gasteiger partial charge in [0.25, 0.3) is 5.56 Å². The summed E-state index contributed by atoms with van der Waals surface area (Å²) in [5, 5.41) is 1.14. The van der Waals surface area contributed by atoms with Crippen molar-refractivity contribution in [3.63, 3.8) is 0 Å². The zero-order valence-electron chi connectivity index (χ0n) is 13.2. The van der Waals surface area contributed by atoms with E-state index in [1.165, 1.54) is 4.57 Å². The van der Waals surface area contributed by atoms with Crippen molar-refractivity contribution in [1.29, 1.82) is 0 Å². The Labute approximate surface area is 137 Å². The van der Waals surface area contributed by atoms with Crippen LogP contribution in [0.3, 0.4) is 0 Å². The van der Waals surface area contributed by atoms with Crippen LogP contribution in [0.1, 0.15) is 5.56 Å². The second-order valence-electron chi connectivity index (χ2n) is 5.82. The van der Waals surface area contributed by atoms with Crippen molar-refractivity contribution in [2.24, 2.45) is 7.05 Å². The molecule has 3 heterocycles. The van der Waals surface area contributed by atoms with E-state index in [0.29, 0.717) is 18.5 Å². The number of hydrogen-bond donors (Lipinski definition) is 1. The first-order chi connectivity index (χ1) is 11.6. The van der Waals surface area contributed by atoms with E-state index in [-0.39, 0.29) is 11.1 Å². The maximum Gasteiger partial charge on any atom is 0.328 e. The minimum Gasteiger partial charge on any atom is -0.350 e. The van der Waals surface area contributed by atoms with Gasteiger partial charge in [0.15, 0.2) is 5.52 Å². The molecule has 4 rings (SSSR count). The summed E-state index contributed by atoms with van der Waals surface area (Å²) >= 11 is 0. The molecule has 0 aliphatic carbocycles. The summed E-state index contributed by atoms with van der Waals surface area (Å²) in [7, 11) is 1.99. The summed E-state index contributed by atoms with van der Waals surface area (Å²) in [4.78, 5) is 31.5. The van der Waals surface area contributed by atoms with Crippen molar-refractivity contribution in [2.75, 3.05) is 0 Å². The van der Waals surface area contributed by atoms with Gasteiger partial charge in [-0.15, -0.1) is 0 Å². The van der Waals surface area contributed by atoms with Crippen LogP contribution in [0.25, 0.3) is 21.9 Å². The minimum absolute atomic E-state index is 0.287. The number of pyridine rings is 1. The van der Waals surface area contributed by atoms with Crippen molar-refractivity contribution >= 4 is 21.9 Å². The predicted molar refractivity (Wildman–Crippen MR) is 93.2 cm³/mol. The average molecular weight is 320 g/mol. The molecule has 0 amide bonds. The molecule has 6 heteroatoms. The summed E-state index contributed by atoms with van der Waals surface area (Å²) in [6.07, 6.45) is 4.20. The Hall–Kier alpha value is -3.15. The Kier molecular flexibility index (Phi) is 3.30. The fourth-order valence-electron chi connectivity index (χ4n) is 3.14. The van der Waals surface area contributed by atoms with Gasteiger partial charge in [-0.2, -0.15) is 0 Å². The molecule has 0 fully saturated rings. The van der Waals surface area contributed by atoms with Crippen molar-refractivity contribution in [1.82, 2.24) is 19.1 Å². The largest absolute Gasteiger partial charge is 0.350 e. The van der Waals surface area contributed by atoms with E-state index in [1.807, 2.05) is 25.4 Å². The van der Waals surface area contributed by atoms with Crippen LogP contribution >= 0.6 is 0 Å². The molecule has 0 unspecified atom stereocenters. The average Bonchev–Trinajstić information content (AvgIpc) is 2.91. The Balaban J connectivity index is 1.75. The minimum atomic E-state index is -0.402. The van der Waals surface area contributed by atoms with Gasteiger partial charge >= 0.3 is 5.69 Å². The lowest BCUT2D eigenvalue weighted by atomic mass is 10.1. The number of fused-ring (bicyclic) bond motifs is 2. The van der Waals surface area contributed by atoms with Gasteiger partial charge in [0.1, 0.15) is 0 Å². The van der Waals surface area contributed by atoms with Crippen LogP contribution in [0.5, 0.6) is 0 Å². The standard InChI is InChI=1S/C18H16N4O2/c1-21-11-12(13-5-2-3-7-15(13)21)8-10-22-17(23)16-14(20-18(22)24)6-4-9-19-16/h2-7,9,11H,8,10H2,1H3,(H,20,24). The quantitative estimate of drug-likeness (QED) is 0.626. The molecule has 6 nitrogen and oxygen atoms in total. The van der Waals surface area contributed by atoms with Gasteiger partial charge in [-0.05, 0) is 30.2 Å². The molecule has 24 heavy (non-hydrogen) atoms. The fourth-order valence-corrected chi connectivity index (χ4v) is 3.14. The first-order valence-corrected chi connectivity index (χ1v) is 7.76. The molecule has 0 atom stereocenters. The zero-order valence-corrected chi connectivity index (χ0v) is 13.2. The van der Waals surface area contributed by atoms with Crippen molar-refractivity contribution < 1.29 is 0 Å². The van der Waals surface area contributed by atoms with Gasteiger partial charge in [0, 0.05) is 36.9 Å². The van der Waals surface area contributed by atoms with Crippen molar-refractivity contribution in [2.45, 2.75) is 13.0 Å². The van der Waals surface area contributed by atoms with Crippen LogP contribution in [0.4, 0.5) is 0 Å². The van der Waals surface area contributed by atoms with Gasteiger partial charge in [-0.1, -0.05) is 18.2 Å². The van der Waals surface area contributed by atoms with Crippen molar-refractivity contribution in [3.8, 4) is 0 Å². The fraction of sp³-hybridized carbons (Fsp3) is 0.167. The number of aromatic amines is 1. The molecule has 0 spiro atoms. The Morgan fingerprint density at radius 3 is 2.83 bits per heavy atom. The van der Waals surface area contributed by atoms with Gasteiger partial charge in [-0.25, -0.2) is 9.78 Å². The zero-order chi connectivity index (χ0) is 16.7. The topological polar surface area (TPSA) is 72.7 Å². The number of benzene rings is 1. The molecule has 0 saturated carbocycles. The molecule has 0 aliphatic heterocycles. The highest BCUT2D eigenvalue weighted by Gasteiger charge is 2.10. The maximum absolute atomic E-state index is 12.5. The van der Waals surface area contributed by atoms with Crippen LogP contribution in [0, 0.1) is 0 Å². The molecule has 0 aliphatic rings. The molecule has 1 N–H and O–H groups in total. The van der Waals surface area contributed by atoms with Gasteiger partial charge in [0.2, 0.25) is 0 Å². The lowest BCUT2D eigenvalue weighted by molar-refractivity contribution is 0.635. The molecule has 0 radical (unpaired) electrons. The Morgan fingerprint density at radius 2 is 1.96 bits per heavy atom. The normalized spacial score (nSPS) is 11.4. The number of hydrogen-bond acceptors (Lipinski definition) is 3. The predicted octanol–water partition coefficient (Wildman–Crippen LogP) is 1.82. The maximum atomic E-state index is 12.5. The van der Waals surface area contributed by atoms with Gasteiger partial charge in [0.05, 0.1) is 5.52 Å². The summed E-state index contributed by atoms with van der Waals surface area (Å²) in [5.74, 6) is 0. The van der Waals surface area contributed by atoms with Crippen LogP contribution in [-0.4, -0.2) is 19.1 Å². The van der Waals surface area contributed by atoms with E-state index in [2.05, 4.69) is 26.7 Å². The lowest BCUT2D eigenvalue weighted by Crippen LogP contribution is -2.36. The van der Waals surface area contributed by atoms with E-state index in [4.69, 9.17) is 0 Å². The third kappa shape index (κ3) is 2.23. The molecule has 1 aromatic carbocycles. The number of aromatic nitrogens is 4. The van der Waals surface area contributed by atoms with E-state index in [0.717, 1.165) is 16.5 Å². The SMILES string of the molecule is Cn1cc(CCn2c(=O)[nH]c3cccnc3c2=O)c2ccccc21. The number of H-pyrrole nitrogens is 1. The monoisotopic (exact) mass is 320 g/mol.